The summed E-state index contributed by atoms with van der Waals surface area (Å²) in [7, 11) is 4.20. The Labute approximate surface area is 92.5 Å². The minimum Gasteiger partial charge on any atom is -0.381 e. The Morgan fingerprint density at radius 3 is 2.33 bits per heavy atom. The van der Waals surface area contributed by atoms with Crippen LogP contribution in [0.5, 0.6) is 0 Å². The molecule has 3 nitrogen and oxygen atoms in total. The van der Waals surface area contributed by atoms with Crippen molar-refractivity contribution in [2.24, 2.45) is 5.92 Å². The number of anilines is 1. The molecular formula is C12H21N3. The summed E-state index contributed by atoms with van der Waals surface area (Å²) in [6, 6.07) is 4.48. The fourth-order valence-corrected chi connectivity index (χ4v) is 1.48. The van der Waals surface area contributed by atoms with Gasteiger partial charge in [0.05, 0.1) is 0 Å². The molecule has 0 saturated heterocycles. The first kappa shape index (κ1) is 12.0. The van der Waals surface area contributed by atoms with Gasteiger partial charge in [0.2, 0.25) is 0 Å². The summed E-state index contributed by atoms with van der Waals surface area (Å²) in [5, 5.41) is 3.53. The van der Waals surface area contributed by atoms with E-state index in [0.717, 1.165) is 12.2 Å². The Bertz CT molecular complexity index is 269. The number of nitrogens with one attached hydrogen (secondary N) is 1. The molecule has 0 aromatic carbocycles. The lowest BCUT2D eigenvalue weighted by Crippen LogP contribution is -2.36. The van der Waals surface area contributed by atoms with E-state index in [4.69, 9.17) is 0 Å². The number of hydrogen-bond donors (Lipinski definition) is 1. The normalized spacial score (nSPS) is 13.2. The summed E-state index contributed by atoms with van der Waals surface area (Å²) in [4.78, 5) is 6.22. The van der Waals surface area contributed by atoms with Crippen LogP contribution in [0.25, 0.3) is 0 Å². The lowest BCUT2D eigenvalue weighted by molar-refractivity contribution is 0.344. The Balaban J connectivity index is 2.59. The molecule has 0 fully saturated rings. The molecule has 1 rings (SSSR count). The second kappa shape index (κ2) is 5.71. The summed E-state index contributed by atoms with van der Waals surface area (Å²) in [5.74, 6) is 0.612. The standard InChI is InChI=1S/C12H21N3/c1-10(2)12(9-15(3)4)14-11-5-7-13-8-6-11/h5-8,10,12H,9H2,1-4H3,(H,13,14). The van der Waals surface area contributed by atoms with Crippen molar-refractivity contribution in [3.8, 4) is 0 Å². The molecule has 0 aliphatic rings. The SMILES string of the molecule is CC(C)C(CN(C)C)Nc1ccncc1. The molecule has 1 aromatic rings. The van der Waals surface area contributed by atoms with E-state index in [1.807, 2.05) is 24.5 Å². The molecule has 0 amide bonds. The van der Waals surface area contributed by atoms with E-state index in [0.29, 0.717) is 12.0 Å². The Kier molecular flexibility index (Phi) is 4.56. The van der Waals surface area contributed by atoms with Gasteiger partial charge in [-0.25, -0.2) is 0 Å². The van der Waals surface area contributed by atoms with Crippen LogP contribution in [0.1, 0.15) is 13.8 Å². The summed E-state index contributed by atoms with van der Waals surface area (Å²) in [6.45, 7) is 5.52. The van der Waals surface area contributed by atoms with Crippen molar-refractivity contribution in [3.05, 3.63) is 24.5 Å². The molecule has 3 heteroatoms. The summed E-state index contributed by atoms with van der Waals surface area (Å²) in [6.07, 6.45) is 3.63. The lowest BCUT2D eigenvalue weighted by Gasteiger charge is -2.26. The van der Waals surface area contributed by atoms with E-state index >= 15 is 0 Å². The van der Waals surface area contributed by atoms with E-state index in [-0.39, 0.29) is 0 Å². The van der Waals surface area contributed by atoms with Crippen LogP contribution in [-0.4, -0.2) is 36.6 Å². The number of likely N-dealkylation sites (N-methyl/N-ethyl adjacent to an activating group) is 1. The third-order valence-electron chi connectivity index (χ3n) is 2.40. The number of nitrogens with zero attached hydrogens (tertiary/aromatic N) is 2. The average Bonchev–Trinajstić information content (AvgIpc) is 2.17. The van der Waals surface area contributed by atoms with Crippen LogP contribution in [0.3, 0.4) is 0 Å². The first-order valence-electron chi connectivity index (χ1n) is 5.41. The largest absolute Gasteiger partial charge is 0.381 e. The molecular weight excluding hydrogens is 186 g/mol. The van der Waals surface area contributed by atoms with Gasteiger partial charge in [-0.1, -0.05) is 13.8 Å². The molecule has 0 saturated carbocycles. The summed E-state index contributed by atoms with van der Waals surface area (Å²) in [5.41, 5.74) is 1.14. The van der Waals surface area contributed by atoms with Gasteiger partial charge < -0.3 is 10.2 Å². The molecule has 1 heterocycles. The van der Waals surface area contributed by atoms with Gasteiger partial charge >= 0.3 is 0 Å². The maximum atomic E-state index is 4.01. The van der Waals surface area contributed by atoms with Gasteiger partial charge in [0, 0.05) is 30.7 Å². The van der Waals surface area contributed by atoms with Gasteiger partial charge in [-0.3, -0.25) is 4.98 Å². The maximum absolute atomic E-state index is 4.01. The predicted molar refractivity (Wildman–Crippen MR) is 65.0 cm³/mol. The predicted octanol–water partition coefficient (Wildman–Crippen LogP) is 2.08. The topological polar surface area (TPSA) is 28.2 Å². The molecule has 1 N–H and O–H groups in total. The van der Waals surface area contributed by atoms with Crippen molar-refractivity contribution in [3.63, 3.8) is 0 Å². The van der Waals surface area contributed by atoms with Crippen LogP contribution in [-0.2, 0) is 0 Å². The third-order valence-corrected chi connectivity index (χ3v) is 2.40. The number of rotatable bonds is 5. The van der Waals surface area contributed by atoms with Crippen LogP contribution >= 0.6 is 0 Å². The fraction of sp³-hybridized carbons (Fsp3) is 0.583. The van der Waals surface area contributed by atoms with E-state index < -0.39 is 0 Å². The molecule has 1 unspecified atom stereocenters. The third kappa shape index (κ3) is 4.30. The van der Waals surface area contributed by atoms with Crippen LogP contribution in [0.4, 0.5) is 5.69 Å². The highest BCUT2D eigenvalue weighted by atomic mass is 15.1. The smallest absolute Gasteiger partial charge is 0.0411 e. The van der Waals surface area contributed by atoms with Crippen LogP contribution in [0.15, 0.2) is 24.5 Å². The van der Waals surface area contributed by atoms with E-state index in [2.05, 4.69) is 43.1 Å². The Hall–Kier alpha value is -1.09. The first-order valence-corrected chi connectivity index (χ1v) is 5.41. The molecule has 0 radical (unpaired) electrons. The summed E-state index contributed by atoms with van der Waals surface area (Å²) >= 11 is 0. The number of hydrogen-bond acceptors (Lipinski definition) is 3. The van der Waals surface area contributed by atoms with Crippen LogP contribution in [0, 0.1) is 5.92 Å². The van der Waals surface area contributed by atoms with Gasteiger partial charge in [0.1, 0.15) is 0 Å². The van der Waals surface area contributed by atoms with E-state index in [9.17, 15) is 0 Å². The quantitative estimate of drug-likeness (QED) is 0.801. The Morgan fingerprint density at radius 1 is 1.27 bits per heavy atom. The van der Waals surface area contributed by atoms with Gasteiger partial charge in [-0.05, 0) is 32.1 Å². The molecule has 0 spiro atoms. The van der Waals surface area contributed by atoms with Crippen molar-refractivity contribution in [2.75, 3.05) is 26.0 Å². The molecule has 1 aromatic heterocycles. The van der Waals surface area contributed by atoms with Crippen molar-refractivity contribution < 1.29 is 0 Å². The zero-order valence-corrected chi connectivity index (χ0v) is 10.1. The average molecular weight is 207 g/mol. The van der Waals surface area contributed by atoms with Crippen molar-refractivity contribution in [1.29, 1.82) is 0 Å². The Morgan fingerprint density at radius 2 is 1.87 bits per heavy atom. The van der Waals surface area contributed by atoms with Gasteiger partial charge in [-0.15, -0.1) is 0 Å². The van der Waals surface area contributed by atoms with Crippen molar-refractivity contribution in [2.45, 2.75) is 19.9 Å². The van der Waals surface area contributed by atoms with Crippen LogP contribution in [0.2, 0.25) is 0 Å². The number of aromatic nitrogens is 1. The van der Waals surface area contributed by atoms with E-state index in [1.54, 1.807) is 0 Å². The monoisotopic (exact) mass is 207 g/mol. The molecule has 0 aliphatic heterocycles. The van der Waals surface area contributed by atoms with Crippen molar-refractivity contribution in [1.82, 2.24) is 9.88 Å². The fourth-order valence-electron chi connectivity index (χ4n) is 1.48. The lowest BCUT2D eigenvalue weighted by atomic mass is 10.0. The number of pyridine rings is 1. The molecule has 0 aliphatic carbocycles. The minimum absolute atomic E-state index is 0.474. The molecule has 0 bridgehead atoms. The molecule has 84 valence electrons. The van der Waals surface area contributed by atoms with E-state index in [1.165, 1.54) is 0 Å². The maximum Gasteiger partial charge on any atom is 0.0411 e. The second-order valence-corrected chi connectivity index (χ2v) is 4.49. The second-order valence-electron chi connectivity index (χ2n) is 4.49. The van der Waals surface area contributed by atoms with Crippen molar-refractivity contribution >= 4 is 5.69 Å². The highest BCUT2D eigenvalue weighted by Gasteiger charge is 2.13. The van der Waals surface area contributed by atoms with Crippen LogP contribution < -0.4 is 5.32 Å². The van der Waals surface area contributed by atoms with Gasteiger partial charge in [0.25, 0.3) is 0 Å². The highest BCUT2D eigenvalue weighted by molar-refractivity contribution is 5.42. The molecule has 1 atom stereocenters. The van der Waals surface area contributed by atoms with Gasteiger partial charge in [-0.2, -0.15) is 0 Å². The highest BCUT2D eigenvalue weighted by Crippen LogP contribution is 2.11. The zero-order valence-electron chi connectivity index (χ0n) is 10.1. The molecule has 15 heavy (non-hydrogen) atoms. The zero-order chi connectivity index (χ0) is 11.3. The summed E-state index contributed by atoms with van der Waals surface area (Å²) < 4.78 is 0. The first-order chi connectivity index (χ1) is 7.09. The van der Waals surface area contributed by atoms with Gasteiger partial charge in [0.15, 0.2) is 0 Å². The minimum atomic E-state index is 0.474.